The molecule has 146 valence electrons. The lowest BCUT2D eigenvalue weighted by atomic mass is 10.2. The number of nitrogens with one attached hydrogen (secondary N) is 2. The number of alkyl halides is 3. The molecule has 0 saturated carbocycles. The second kappa shape index (κ2) is 7.83. The van der Waals surface area contributed by atoms with Crippen molar-refractivity contribution in [3.05, 3.63) is 22.5 Å². The number of nitrogens with zero attached hydrogens (tertiary/aromatic N) is 1. The summed E-state index contributed by atoms with van der Waals surface area (Å²) in [4.78, 5) is 16.0. The molecule has 1 atom stereocenters. The molecular weight excluding hydrogens is 371 g/mol. The molecule has 2 N–H and O–H groups in total. The Kier molecular flexibility index (Phi) is 6.17. The summed E-state index contributed by atoms with van der Waals surface area (Å²) in [6, 6.07) is 1.21. The monoisotopic (exact) mass is 393 g/mol. The first kappa shape index (κ1) is 20.5. The number of morpholine rings is 1. The first-order chi connectivity index (χ1) is 12.0. The zero-order valence-corrected chi connectivity index (χ0v) is 15.6. The average molecular weight is 393 g/mol. The minimum Gasteiger partial charge on any atom is -0.444 e. The molecule has 1 amide bonds. The van der Waals surface area contributed by atoms with Crippen molar-refractivity contribution in [3.63, 3.8) is 0 Å². The molecule has 10 heteroatoms. The first-order valence-corrected chi connectivity index (χ1v) is 8.50. The molecule has 2 rings (SSSR count). The number of aromatic nitrogens is 1. The first-order valence-electron chi connectivity index (χ1n) is 8.09. The Morgan fingerprint density at radius 1 is 1.46 bits per heavy atom. The summed E-state index contributed by atoms with van der Waals surface area (Å²) in [5.41, 5.74) is -1.59. The fraction of sp³-hybridized carbons (Fsp3) is 0.625. The van der Waals surface area contributed by atoms with Gasteiger partial charge in [0.1, 0.15) is 10.2 Å². The van der Waals surface area contributed by atoms with E-state index in [0.29, 0.717) is 6.54 Å². The van der Waals surface area contributed by atoms with Gasteiger partial charge in [0.2, 0.25) is 0 Å². The third-order valence-electron chi connectivity index (χ3n) is 3.54. The van der Waals surface area contributed by atoms with Gasteiger partial charge >= 0.3 is 12.3 Å². The Morgan fingerprint density at radius 3 is 2.77 bits per heavy atom. The second-order valence-electron chi connectivity index (χ2n) is 6.92. The molecule has 6 nitrogen and oxygen atoms in total. The van der Waals surface area contributed by atoms with Crippen LogP contribution in [0.1, 0.15) is 26.3 Å². The van der Waals surface area contributed by atoms with E-state index in [9.17, 15) is 18.0 Å². The molecule has 0 aromatic carbocycles. The van der Waals surface area contributed by atoms with E-state index >= 15 is 0 Å². The maximum absolute atomic E-state index is 13.1. The quantitative estimate of drug-likeness (QED) is 0.765. The molecule has 1 aromatic rings. The van der Waals surface area contributed by atoms with E-state index < -0.39 is 29.5 Å². The van der Waals surface area contributed by atoms with Crippen molar-refractivity contribution in [2.75, 3.05) is 31.6 Å². The maximum atomic E-state index is 13.1. The summed E-state index contributed by atoms with van der Waals surface area (Å²) >= 11 is 4.89. The number of hydrogen-bond donors (Lipinski definition) is 2. The van der Waals surface area contributed by atoms with Crippen molar-refractivity contribution >= 4 is 24.0 Å². The van der Waals surface area contributed by atoms with Crippen molar-refractivity contribution in [2.24, 2.45) is 0 Å². The van der Waals surface area contributed by atoms with Crippen LogP contribution in [0, 0.1) is 4.64 Å². The van der Waals surface area contributed by atoms with E-state index in [-0.39, 0.29) is 30.0 Å². The smallest absolute Gasteiger partial charge is 0.419 e. The van der Waals surface area contributed by atoms with Crippen LogP contribution in [0.3, 0.4) is 0 Å². The summed E-state index contributed by atoms with van der Waals surface area (Å²) in [6.45, 7) is 6.28. The standard InChI is InChI=1S/C16H22F3N3O3S/c1-15(2,3)25-14(23)22-4-5-24-10(9-22)7-20-12-6-13(26)21-8-11(12)16(17,18)19/h6,8,10H,4-5,7,9H2,1-3H3,(H2,20,21,26). The van der Waals surface area contributed by atoms with Gasteiger partial charge in [0.15, 0.2) is 0 Å². The van der Waals surface area contributed by atoms with Gasteiger partial charge in [-0.2, -0.15) is 13.2 Å². The predicted molar refractivity (Wildman–Crippen MR) is 92.7 cm³/mol. The van der Waals surface area contributed by atoms with Crippen LogP contribution >= 0.6 is 12.2 Å². The van der Waals surface area contributed by atoms with E-state index in [2.05, 4.69) is 10.3 Å². The van der Waals surface area contributed by atoms with Crippen molar-refractivity contribution < 1.29 is 27.4 Å². The average Bonchev–Trinajstić information content (AvgIpc) is 2.50. The van der Waals surface area contributed by atoms with Crippen LogP contribution in [0.2, 0.25) is 0 Å². The van der Waals surface area contributed by atoms with Crippen molar-refractivity contribution in [1.82, 2.24) is 9.88 Å². The van der Waals surface area contributed by atoms with Crippen molar-refractivity contribution in [3.8, 4) is 0 Å². The molecular formula is C16H22F3N3O3S. The highest BCUT2D eigenvalue weighted by Crippen LogP contribution is 2.34. The molecule has 0 aliphatic carbocycles. The SMILES string of the molecule is CC(C)(C)OC(=O)N1CCOC(CNc2cc(=S)[nH]cc2C(F)(F)F)C1. The number of hydrogen-bond acceptors (Lipinski definition) is 5. The molecule has 1 unspecified atom stereocenters. The highest BCUT2D eigenvalue weighted by molar-refractivity contribution is 7.71. The third-order valence-corrected chi connectivity index (χ3v) is 3.78. The van der Waals surface area contributed by atoms with Crippen LogP contribution in [0.4, 0.5) is 23.7 Å². The number of halogens is 3. The summed E-state index contributed by atoms with van der Waals surface area (Å²) in [5.74, 6) is 0. The van der Waals surface area contributed by atoms with Gasteiger partial charge in [-0.15, -0.1) is 0 Å². The van der Waals surface area contributed by atoms with Crippen LogP contribution in [0.25, 0.3) is 0 Å². The minimum absolute atomic E-state index is 0.0984. The summed E-state index contributed by atoms with van der Waals surface area (Å²) in [7, 11) is 0. The van der Waals surface area contributed by atoms with Gasteiger partial charge in [-0.1, -0.05) is 12.2 Å². The minimum atomic E-state index is -4.52. The molecule has 0 bridgehead atoms. The van der Waals surface area contributed by atoms with Crippen LogP contribution in [-0.2, 0) is 15.7 Å². The molecule has 0 spiro atoms. The number of aromatic amines is 1. The Balaban J connectivity index is 2.01. The number of H-pyrrole nitrogens is 1. The molecule has 1 aliphatic heterocycles. The number of anilines is 1. The van der Waals surface area contributed by atoms with E-state index in [4.69, 9.17) is 21.7 Å². The normalized spacial score (nSPS) is 18.5. The number of pyridine rings is 1. The molecule has 2 heterocycles. The van der Waals surface area contributed by atoms with Crippen molar-refractivity contribution in [1.29, 1.82) is 0 Å². The van der Waals surface area contributed by atoms with Crippen LogP contribution in [0.5, 0.6) is 0 Å². The van der Waals surface area contributed by atoms with Gasteiger partial charge in [-0.25, -0.2) is 4.79 Å². The highest BCUT2D eigenvalue weighted by atomic mass is 32.1. The highest BCUT2D eigenvalue weighted by Gasteiger charge is 2.34. The maximum Gasteiger partial charge on any atom is 0.419 e. The Morgan fingerprint density at radius 2 is 2.15 bits per heavy atom. The summed E-state index contributed by atoms with van der Waals surface area (Å²) in [6.07, 6.45) is -4.61. The van der Waals surface area contributed by atoms with Gasteiger partial charge in [-0.05, 0) is 26.8 Å². The number of rotatable bonds is 3. The van der Waals surface area contributed by atoms with Crippen LogP contribution in [-0.4, -0.2) is 53.9 Å². The third kappa shape index (κ3) is 5.87. The van der Waals surface area contributed by atoms with E-state index in [1.54, 1.807) is 20.8 Å². The predicted octanol–water partition coefficient (Wildman–Crippen LogP) is 3.81. The van der Waals surface area contributed by atoms with Gasteiger partial charge in [-0.3, -0.25) is 0 Å². The van der Waals surface area contributed by atoms with Gasteiger partial charge < -0.3 is 24.7 Å². The van der Waals surface area contributed by atoms with Crippen LogP contribution in [0.15, 0.2) is 12.3 Å². The zero-order valence-electron chi connectivity index (χ0n) is 14.8. The molecule has 1 aromatic heterocycles. The summed E-state index contributed by atoms with van der Waals surface area (Å²) in [5, 5.41) is 2.73. The Bertz CT molecular complexity index is 700. The second-order valence-corrected chi connectivity index (χ2v) is 7.36. The van der Waals surface area contributed by atoms with E-state index in [1.165, 1.54) is 11.0 Å². The molecule has 1 fully saturated rings. The fourth-order valence-electron chi connectivity index (χ4n) is 2.41. The lowest BCUT2D eigenvalue weighted by Crippen LogP contribution is -2.49. The van der Waals surface area contributed by atoms with Crippen LogP contribution < -0.4 is 5.32 Å². The molecule has 1 aliphatic rings. The van der Waals surface area contributed by atoms with Gasteiger partial charge in [0.25, 0.3) is 0 Å². The lowest BCUT2D eigenvalue weighted by Gasteiger charge is -2.34. The molecule has 1 saturated heterocycles. The largest absolute Gasteiger partial charge is 0.444 e. The Hall–Kier alpha value is -1.81. The molecule has 0 radical (unpaired) electrons. The number of carbonyl (C=O) groups excluding carboxylic acids is 1. The Labute approximate surface area is 154 Å². The van der Waals surface area contributed by atoms with Crippen molar-refractivity contribution in [2.45, 2.75) is 38.7 Å². The molecule has 26 heavy (non-hydrogen) atoms. The lowest BCUT2D eigenvalue weighted by molar-refractivity contribution is -0.137. The topological polar surface area (TPSA) is 66.6 Å². The number of carbonyl (C=O) groups is 1. The zero-order chi connectivity index (χ0) is 19.5. The van der Waals surface area contributed by atoms with Gasteiger partial charge in [0, 0.05) is 19.3 Å². The number of ether oxygens (including phenoxy) is 2. The summed E-state index contributed by atoms with van der Waals surface area (Å²) < 4.78 is 50.3. The van der Waals surface area contributed by atoms with E-state index in [0.717, 1.165) is 6.20 Å². The number of amides is 1. The fourth-order valence-corrected chi connectivity index (χ4v) is 2.59. The van der Waals surface area contributed by atoms with Gasteiger partial charge in [0.05, 0.1) is 30.5 Å². The van der Waals surface area contributed by atoms with E-state index in [1.807, 2.05) is 0 Å².